The summed E-state index contributed by atoms with van der Waals surface area (Å²) in [5, 5.41) is 22.6. The lowest BCUT2D eigenvalue weighted by Crippen LogP contribution is -2.41. The molecule has 5 rings (SSSR count). The minimum absolute atomic E-state index is 0. The molecule has 1 aliphatic rings. The molecule has 0 radical (unpaired) electrons. The Morgan fingerprint density at radius 1 is 0.933 bits per heavy atom. The monoisotopic (exact) mass is 656 g/mol. The molecule has 0 aliphatic heterocycles. The van der Waals surface area contributed by atoms with Crippen LogP contribution in [0, 0.1) is 5.92 Å². The van der Waals surface area contributed by atoms with Gasteiger partial charge >= 0.3 is 24.3 Å². The highest BCUT2D eigenvalue weighted by Gasteiger charge is 2.38. The van der Waals surface area contributed by atoms with Gasteiger partial charge in [-0.25, -0.2) is 14.6 Å². The standard InChI is InChI=1S/C26H21F3N4O3S.C2HF3O2.CH4/c27-26(28,29)18-12-21-22(30-13-18)33-25(37-21)31-19-9-7-16(8-10-19)15-3-5-17(6-4-15)23(34)32-20(24(35)36)11-14-1-2-14;3-2(4,5)1(6)7;/h3-10,12-14,20H,1-2,11H2,(H,32,34)(H,35,36)(H,30,31,33);(H,6,7);1H4/t20-;;/m0../s1. The summed E-state index contributed by atoms with van der Waals surface area (Å²) in [5.74, 6) is -3.84. The number of carbonyl (C=O) groups excluding carboxylic acids is 1. The van der Waals surface area contributed by atoms with Gasteiger partial charge in [-0.15, -0.1) is 0 Å². The van der Waals surface area contributed by atoms with Crippen molar-refractivity contribution in [1.82, 2.24) is 15.3 Å². The number of anilines is 2. The van der Waals surface area contributed by atoms with Gasteiger partial charge in [0.25, 0.3) is 5.91 Å². The molecule has 2 aromatic heterocycles. The second-order valence-corrected chi connectivity index (χ2v) is 10.7. The van der Waals surface area contributed by atoms with E-state index in [1.807, 2.05) is 24.3 Å². The van der Waals surface area contributed by atoms with Gasteiger partial charge in [0.15, 0.2) is 10.8 Å². The first-order chi connectivity index (χ1) is 20.6. The Hall–Kier alpha value is -4.73. The largest absolute Gasteiger partial charge is 0.490 e. The predicted octanol–water partition coefficient (Wildman–Crippen LogP) is 7.37. The fourth-order valence-electron chi connectivity index (χ4n) is 3.86. The summed E-state index contributed by atoms with van der Waals surface area (Å²) in [5.41, 5.74) is 2.24. The van der Waals surface area contributed by atoms with Crippen molar-refractivity contribution in [3.8, 4) is 11.1 Å². The summed E-state index contributed by atoms with van der Waals surface area (Å²) in [4.78, 5) is 40.9. The molecular formula is C29H26F6N4O5S. The van der Waals surface area contributed by atoms with Crippen LogP contribution in [0.4, 0.5) is 37.2 Å². The molecular weight excluding hydrogens is 630 g/mol. The molecule has 0 unspecified atom stereocenters. The number of carbonyl (C=O) groups is 3. The fraction of sp³-hybridized carbons (Fsp3) is 0.276. The molecule has 9 nitrogen and oxygen atoms in total. The van der Waals surface area contributed by atoms with E-state index in [9.17, 15) is 41.0 Å². The molecule has 45 heavy (non-hydrogen) atoms. The normalized spacial score (nSPS) is 13.6. The van der Waals surface area contributed by atoms with Crippen molar-refractivity contribution < 1.29 is 50.9 Å². The van der Waals surface area contributed by atoms with Gasteiger partial charge in [-0.1, -0.05) is 55.9 Å². The lowest BCUT2D eigenvalue weighted by atomic mass is 10.0. The highest BCUT2D eigenvalue weighted by Crippen LogP contribution is 2.35. The lowest BCUT2D eigenvalue weighted by molar-refractivity contribution is -0.192. The molecule has 0 saturated heterocycles. The number of pyridine rings is 1. The van der Waals surface area contributed by atoms with Crippen LogP contribution in [0.1, 0.15) is 42.6 Å². The Balaban J connectivity index is 0.000000621. The molecule has 2 heterocycles. The highest BCUT2D eigenvalue weighted by atomic mass is 32.1. The van der Waals surface area contributed by atoms with E-state index in [4.69, 9.17) is 9.90 Å². The number of nitrogens with zero attached hydrogens (tertiary/aromatic N) is 2. The first-order valence-electron chi connectivity index (χ1n) is 12.7. The van der Waals surface area contributed by atoms with Gasteiger partial charge in [0.2, 0.25) is 0 Å². The van der Waals surface area contributed by atoms with Crippen LogP contribution in [0.3, 0.4) is 0 Å². The number of carboxylic acids is 2. The van der Waals surface area contributed by atoms with Gasteiger partial charge in [0.1, 0.15) is 6.04 Å². The quantitative estimate of drug-likeness (QED) is 0.144. The topological polar surface area (TPSA) is 142 Å². The number of carboxylic acid groups (broad SMARTS) is 2. The number of nitrogens with one attached hydrogen (secondary N) is 2. The average Bonchev–Trinajstić information content (AvgIpc) is 3.68. The number of amides is 1. The number of fused-ring (bicyclic) bond motifs is 1. The van der Waals surface area contributed by atoms with Crippen molar-refractivity contribution in [2.45, 2.75) is 45.1 Å². The average molecular weight is 657 g/mol. The van der Waals surface area contributed by atoms with Crippen LogP contribution >= 0.6 is 11.3 Å². The maximum atomic E-state index is 12.9. The van der Waals surface area contributed by atoms with E-state index < -0.39 is 41.8 Å². The van der Waals surface area contributed by atoms with E-state index in [0.29, 0.717) is 33.4 Å². The van der Waals surface area contributed by atoms with Crippen LogP contribution in [0.25, 0.3) is 21.5 Å². The minimum Gasteiger partial charge on any atom is -0.480 e. The number of hydrogen-bond acceptors (Lipinski definition) is 7. The van der Waals surface area contributed by atoms with Crippen molar-refractivity contribution in [3.63, 3.8) is 0 Å². The third-order valence-electron chi connectivity index (χ3n) is 6.30. The molecule has 1 fully saturated rings. The van der Waals surface area contributed by atoms with Crippen molar-refractivity contribution >= 4 is 50.3 Å². The second-order valence-electron chi connectivity index (χ2n) is 9.69. The zero-order valence-electron chi connectivity index (χ0n) is 22.2. The van der Waals surface area contributed by atoms with Crippen LogP contribution in [0.2, 0.25) is 0 Å². The van der Waals surface area contributed by atoms with Gasteiger partial charge in [-0.05, 0) is 53.8 Å². The second kappa shape index (κ2) is 13.9. The van der Waals surface area contributed by atoms with E-state index in [2.05, 4.69) is 20.6 Å². The summed E-state index contributed by atoms with van der Waals surface area (Å²) >= 11 is 1.08. The number of aliphatic carboxylic acids is 2. The Bertz CT molecular complexity index is 1650. The summed E-state index contributed by atoms with van der Waals surface area (Å²) in [6.07, 6.45) is -6.32. The Morgan fingerprint density at radius 3 is 1.98 bits per heavy atom. The molecule has 4 N–H and O–H groups in total. The molecule has 1 amide bonds. The Labute approximate surface area is 255 Å². The smallest absolute Gasteiger partial charge is 0.480 e. The molecule has 1 saturated carbocycles. The summed E-state index contributed by atoms with van der Waals surface area (Å²) in [6.45, 7) is 0. The highest BCUT2D eigenvalue weighted by molar-refractivity contribution is 7.22. The van der Waals surface area contributed by atoms with Crippen LogP contribution in [-0.2, 0) is 15.8 Å². The first kappa shape index (κ1) is 34.8. The number of thiazole rings is 1. The Kier molecular flexibility index (Phi) is 10.8. The van der Waals surface area contributed by atoms with Crippen LogP contribution < -0.4 is 10.6 Å². The van der Waals surface area contributed by atoms with E-state index in [-0.39, 0.29) is 13.1 Å². The number of rotatable bonds is 8. The van der Waals surface area contributed by atoms with Crippen molar-refractivity contribution in [2.75, 3.05) is 5.32 Å². The predicted molar refractivity (Wildman–Crippen MR) is 154 cm³/mol. The van der Waals surface area contributed by atoms with E-state index in [0.717, 1.165) is 47.6 Å². The SMILES string of the molecule is C.O=C(N[C@@H](CC1CC1)C(=O)O)c1ccc(-c2ccc(Nc3nc4ncc(C(F)(F)F)cc4s3)cc2)cc1.O=C(O)C(F)(F)F. The molecule has 0 bridgehead atoms. The van der Waals surface area contributed by atoms with Gasteiger partial charge in [0.05, 0.1) is 10.3 Å². The van der Waals surface area contributed by atoms with E-state index in [1.54, 1.807) is 24.3 Å². The third kappa shape index (κ3) is 9.63. The molecule has 0 spiro atoms. The summed E-state index contributed by atoms with van der Waals surface area (Å²) < 4.78 is 70.8. The third-order valence-corrected chi connectivity index (χ3v) is 7.21. The summed E-state index contributed by atoms with van der Waals surface area (Å²) in [6, 6.07) is 14.4. The van der Waals surface area contributed by atoms with Crippen molar-refractivity contribution in [3.05, 3.63) is 71.9 Å². The van der Waals surface area contributed by atoms with Crippen LogP contribution in [-0.4, -0.2) is 50.2 Å². The fourth-order valence-corrected chi connectivity index (χ4v) is 4.75. The van der Waals surface area contributed by atoms with Gasteiger partial charge in [0, 0.05) is 17.4 Å². The Morgan fingerprint density at radius 2 is 1.49 bits per heavy atom. The molecule has 1 aliphatic carbocycles. The molecule has 240 valence electrons. The van der Waals surface area contributed by atoms with Gasteiger partial charge < -0.3 is 20.8 Å². The van der Waals surface area contributed by atoms with Gasteiger partial charge in [-0.3, -0.25) is 4.79 Å². The van der Waals surface area contributed by atoms with Crippen molar-refractivity contribution in [1.29, 1.82) is 0 Å². The van der Waals surface area contributed by atoms with E-state index >= 15 is 0 Å². The van der Waals surface area contributed by atoms with Crippen LogP contribution in [0.5, 0.6) is 0 Å². The first-order valence-corrected chi connectivity index (χ1v) is 13.6. The summed E-state index contributed by atoms with van der Waals surface area (Å²) in [7, 11) is 0. The zero-order valence-corrected chi connectivity index (χ0v) is 23.1. The lowest BCUT2D eigenvalue weighted by Gasteiger charge is -2.14. The van der Waals surface area contributed by atoms with Crippen molar-refractivity contribution in [2.24, 2.45) is 5.92 Å². The minimum atomic E-state index is -5.08. The number of benzene rings is 2. The molecule has 2 aromatic carbocycles. The number of aromatic nitrogens is 2. The van der Waals surface area contributed by atoms with E-state index in [1.165, 1.54) is 0 Å². The number of halogens is 6. The maximum Gasteiger partial charge on any atom is 0.490 e. The number of alkyl halides is 6. The van der Waals surface area contributed by atoms with Crippen LogP contribution in [0.15, 0.2) is 60.8 Å². The molecule has 4 aromatic rings. The number of hydrogen-bond donors (Lipinski definition) is 4. The molecule has 16 heteroatoms. The maximum absolute atomic E-state index is 12.9. The zero-order chi connectivity index (χ0) is 32.2. The van der Waals surface area contributed by atoms with Gasteiger partial charge in [-0.2, -0.15) is 31.3 Å². The molecule has 1 atom stereocenters.